The third kappa shape index (κ3) is 4.62. The van der Waals surface area contributed by atoms with E-state index in [0.29, 0.717) is 13.2 Å². The first-order chi connectivity index (χ1) is 12.7. The monoisotopic (exact) mass is 393 g/mol. The van der Waals surface area contributed by atoms with Crippen LogP contribution in [-0.2, 0) is 20.9 Å². The molecular formula is C20H28ClN3O3. The molecule has 3 N–H and O–H groups in total. The fraction of sp³-hybridized carbons (Fsp3) is 0.600. The molecule has 2 amide bonds. The van der Waals surface area contributed by atoms with Gasteiger partial charge in [0, 0.05) is 24.8 Å². The van der Waals surface area contributed by atoms with Crippen LogP contribution in [0.5, 0.6) is 0 Å². The normalized spacial score (nSPS) is 25.5. The molecule has 2 unspecified atom stereocenters. The van der Waals surface area contributed by atoms with Crippen molar-refractivity contribution in [3.63, 3.8) is 0 Å². The highest BCUT2D eigenvalue weighted by atomic mass is 35.5. The first-order valence-corrected chi connectivity index (χ1v) is 9.66. The fourth-order valence-corrected chi connectivity index (χ4v) is 4.27. The van der Waals surface area contributed by atoms with Crippen molar-refractivity contribution in [1.29, 1.82) is 0 Å². The van der Waals surface area contributed by atoms with E-state index in [2.05, 4.69) is 16.0 Å². The predicted octanol–water partition coefficient (Wildman–Crippen LogP) is 2.23. The highest BCUT2D eigenvalue weighted by Crippen LogP contribution is 2.58. The van der Waals surface area contributed by atoms with Gasteiger partial charge in [-0.15, -0.1) is 12.4 Å². The van der Waals surface area contributed by atoms with Crippen molar-refractivity contribution in [2.24, 2.45) is 11.3 Å². The number of piperidine rings is 1. The van der Waals surface area contributed by atoms with Crippen molar-refractivity contribution in [3.05, 3.63) is 29.8 Å². The van der Waals surface area contributed by atoms with Crippen LogP contribution in [-0.4, -0.2) is 37.6 Å². The van der Waals surface area contributed by atoms with E-state index < -0.39 is 0 Å². The number of amides is 2. The number of halogens is 1. The lowest BCUT2D eigenvalue weighted by atomic mass is 9.92. The Bertz CT molecular complexity index is 685. The molecule has 2 saturated heterocycles. The number of hydrogen-bond donors (Lipinski definition) is 3. The number of benzene rings is 1. The average molecular weight is 394 g/mol. The molecule has 27 heavy (non-hydrogen) atoms. The molecule has 1 spiro atoms. The molecule has 0 radical (unpaired) electrons. The Morgan fingerprint density at radius 3 is 2.78 bits per heavy atom. The summed E-state index contributed by atoms with van der Waals surface area (Å²) in [5, 5.41) is 9.35. The van der Waals surface area contributed by atoms with Gasteiger partial charge in [0.15, 0.2) is 0 Å². The Morgan fingerprint density at radius 2 is 2.04 bits per heavy atom. The van der Waals surface area contributed by atoms with Gasteiger partial charge in [-0.2, -0.15) is 0 Å². The van der Waals surface area contributed by atoms with Gasteiger partial charge in [0.2, 0.25) is 5.91 Å². The second-order valence-electron chi connectivity index (χ2n) is 7.78. The van der Waals surface area contributed by atoms with E-state index in [-0.39, 0.29) is 41.7 Å². The van der Waals surface area contributed by atoms with Crippen molar-refractivity contribution in [3.8, 4) is 0 Å². The van der Waals surface area contributed by atoms with Crippen molar-refractivity contribution >= 4 is 29.9 Å². The smallest absolute Gasteiger partial charge is 0.253 e. The molecule has 1 aromatic carbocycles. The Morgan fingerprint density at radius 1 is 1.22 bits per heavy atom. The molecule has 0 aromatic heterocycles. The Labute approximate surface area is 166 Å². The van der Waals surface area contributed by atoms with Gasteiger partial charge in [-0.3, -0.25) is 9.59 Å². The molecule has 1 aliphatic carbocycles. The van der Waals surface area contributed by atoms with Crippen molar-refractivity contribution < 1.29 is 14.3 Å². The average Bonchev–Trinajstić information content (AvgIpc) is 3.09. The molecule has 6 nitrogen and oxygen atoms in total. The molecule has 148 valence electrons. The lowest BCUT2D eigenvalue weighted by molar-refractivity contribution is -0.125. The van der Waals surface area contributed by atoms with Crippen LogP contribution < -0.4 is 16.0 Å². The van der Waals surface area contributed by atoms with E-state index in [1.165, 1.54) is 0 Å². The van der Waals surface area contributed by atoms with Gasteiger partial charge in [-0.1, -0.05) is 12.1 Å². The lowest BCUT2D eigenvalue weighted by Crippen LogP contribution is -2.33. The Hall–Kier alpha value is -1.63. The van der Waals surface area contributed by atoms with Gasteiger partial charge < -0.3 is 20.7 Å². The van der Waals surface area contributed by atoms with E-state index in [1.807, 2.05) is 24.3 Å². The molecule has 3 aliphatic rings. The molecule has 2 atom stereocenters. The first kappa shape index (κ1) is 20.1. The van der Waals surface area contributed by atoms with E-state index >= 15 is 0 Å². The molecule has 1 aromatic rings. The molecule has 2 heterocycles. The standard InChI is InChI=1S/C20H27N3O3.ClH/c24-18(16-12-20(16)6-8-21-9-7-20)22-13-14-3-1-4-15(11-14)23-19(25)17-5-2-10-26-17;/h1,3-4,11,16-17,21H,2,5-10,12-13H2,(H,22,24)(H,23,25);1H. The number of carbonyl (C=O) groups is 2. The Kier molecular flexibility index (Phi) is 6.40. The maximum absolute atomic E-state index is 12.5. The van der Waals surface area contributed by atoms with Gasteiger partial charge >= 0.3 is 0 Å². The largest absolute Gasteiger partial charge is 0.368 e. The van der Waals surface area contributed by atoms with Crippen LogP contribution in [0.3, 0.4) is 0 Å². The fourth-order valence-electron chi connectivity index (χ4n) is 4.27. The summed E-state index contributed by atoms with van der Waals surface area (Å²) in [5.74, 6) is 0.252. The second-order valence-corrected chi connectivity index (χ2v) is 7.78. The summed E-state index contributed by atoms with van der Waals surface area (Å²) >= 11 is 0. The lowest BCUT2D eigenvalue weighted by Gasteiger charge is -2.23. The minimum atomic E-state index is -0.339. The zero-order valence-electron chi connectivity index (χ0n) is 15.5. The van der Waals surface area contributed by atoms with Gasteiger partial charge in [0.05, 0.1) is 0 Å². The number of nitrogens with one attached hydrogen (secondary N) is 3. The molecule has 4 rings (SSSR count). The summed E-state index contributed by atoms with van der Waals surface area (Å²) in [6, 6.07) is 7.65. The molecule has 7 heteroatoms. The second kappa shape index (κ2) is 8.59. The summed E-state index contributed by atoms with van der Waals surface area (Å²) in [6.45, 7) is 3.20. The van der Waals surface area contributed by atoms with Crippen LogP contribution >= 0.6 is 12.4 Å². The summed E-state index contributed by atoms with van der Waals surface area (Å²) in [6.07, 6.45) is 4.61. The van der Waals surface area contributed by atoms with Gasteiger partial charge in [0.1, 0.15) is 6.10 Å². The minimum absolute atomic E-state index is 0. The highest BCUT2D eigenvalue weighted by molar-refractivity contribution is 5.94. The third-order valence-corrected chi connectivity index (χ3v) is 5.99. The number of hydrogen-bond acceptors (Lipinski definition) is 4. The Balaban J connectivity index is 0.00000210. The van der Waals surface area contributed by atoms with Crippen LogP contribution in [0.25, 0.3) is 0 Å². The zero-order valence-corrected chi connectivity index (χ0v) is 16.3. The van der Waals surface area contributed by atoms with Crippen LogP contribution in [0.2, 0.25) is 0 Å². The SMILES string of the molecule is Cl.O=C(Nc1cccc(CNC(=O)C2CC23CCNCC3)c1)C1CCCO1. The molecule has 1 saturated carbocycles. The van der Waals surface area contributed by atoms with E-state index in [4.69, 9.17) is 4.74 Å². The third-order valence-electron chi connectivity index (χ3n) is 5.99. The number of ether oxygens (including phenoxy) is 1. The van der Waals surface area contributed by atoms with Crippen molar-refractivity contribution in [2.75, 3.05) is 25.0 Å². The quantitative estimate of drug-likeness (QED) is 0.716. The number of carbonyl (C=O) groups excluding carboxylic acids is 2. The van der Waals surface area contributed by atoms with E-state index in [0.717, 1.165) is 56.4 Å². The maximum atomic E-state index is 12.5. The highest BCUT2D eigenvalue weighted by Gasteiger charge is 2.57. The number of rotatable bonds is 5. The summed E-state index contributed by atoms with van der Waals surface area (Å²) < 4.78 is 5.41. The van der Waals surface area contributed by atoms with Crippen molar-refractivity contribution in [2.45, 2.75) is 44.8 Å². The van der Waals surface area contributed by atoms with Gasteiger partial charge in [0.25, 0.3) is 5.91 Å². The van der Waals surface area contributed by atoms with Crippen LogP contribution in [0.1, 0.15) is 37.7 Å². The molecule has 3 fully saturated rings. The molecule has 0 bridgehead atoms. The minimum Gasteiger partial charge on any atom is -0.368 e. The number of anilines is 1. The van der Waals surface area contributed by atoms with Crippen LogP contribution in [0.15, 0.2) is 24.3 Å². The first-order valence-electron chi connectivity index (χ1n) is 9.66. The van der Waals surface area contributed by atoms with Crippen LogP contribution in [0, 0.1) is 11.3 Å². The van der Waals surface area contributed by atoms with Gasteiger partial charge in [-0.05, 0) is 68.3 Å². The summed E-state index contributed by atoms with van der Waals surface area (Å²) in [5.41, 5.74) is 1.99. The topological polar surface area (TPSA) is 79.5 Å². The zero-order chi connectivity index (χ0) is 18.0. The van der Waals surface area contributed by atoms with E-state index in [1.54, 1.807) is 0 Å². The van der Waals surface area contributed by atoms with Gasteiger partial charge in [-0.25, -0.2) is 0 Å². The summed E-state index contributed by atoms with van der Waals surface area (Å²) in [7, 11) is 0. The molecule has 2 aliphatic heterocycles. The van der Waals surface area contributed by atoms with Crippen LogP contribution in [0.4, 0.5) is 5.69 Å². The molecular weight excluding hydrogens is 366 g/mol. The van der Waals surface area contributed by atoms with E-state index in [9.17, 15) is 9.59 Å². The summed E-state index contributed by atoms with van der Waals surface area (Å²) in [4.78, 5) is 24.6. The maximum Gasteiger partial charge on any atom is 0.253 e. The van der Waals surface area contributed by atoms with Crippen molar-refractivity contribution in [1.82, 2.24) is 10.6 Å². The predicted molar refractivity (Wildman–Crippen MR) is 106 cm³/mol.